The van der Waals surface area contributed by atoms with Crippen LogP contribution >= 0.6 is 11.3 Å². The molecule has 0 aliphatic heterocycles. The first-order valence-corrected chi connectivity index (χ1v) is 3.58. The summed E-state index contributed by atoms with van der Waals surface area (Å²) in [6.07, 6.45) is 1.67. The molecule has 0 aromatic carbocycles. The molecular weight excluding hydrogens is 164 g/mol. The maximum atomic E-state index is 10.8. The predicted molar refractivity (Wildman–Crippen MR) is 40.8 cm³/mol. The molecule has 0 fully saturated rings. The summed E-state index contributed by atoms with van der Waals surface area (Å²) in [5.74, 6) is 4.47. The Morgan fingerprint density at radius 1 is 1.64 bits per heavy atom. The second-order valence-electron chi connectivity index (χ2n) is 1.74. The fraction of sp³-hybridized carbons (Fsp3) is 0. The minimum Gasteiger partial charge on any atom is -0.289 e. The van der Waals surface area contributed by atoms with Gasteiger partial charge in [-0.1, -0.05) is 0 Å². The lowest BCUT2D eigenvalue weighted by molar-refractivity contribution is 0.0957. The number of hydrazine groups is 1. The van der Waals surface area contributed by atoms with Crippen molar-refractivity contribution in [3.63, 3.8) is 0 Å². The number of carbonyl (C=O) groups is 1. The highest BCUT2D eigenvalue weighted by molar-refractivity contribution is 7.15. The van der Waals surface area contributed by atoms with Gasteiger partial charge in [-0.3, -0.25) is 15.0 Å². The summed E-state index contributed by atoms with van der Waals surface area (Å²) in [7, 11) is 0. The van der Waals surface area contributed by atoms with E-state index >= 15 is 0 Å². The van der Waals surface area contributed by atoms with E-state index in [0.29, 0.717) is 9.75 Å². The first kappa shape index (κ1) is 7.90. The number of hydrogen-bond donors (Lipinski definition) is 2. The van der Waals surface area contributed by atoms with E-state index in [2.05, 4.69) is 0 Å². The van der Waals surface area contributed by atoms with Crippen molar-refractivity contribution in [2.45, 2.75) is 0 Å². The smallest absolute Gasteiger partial charge is 0.275 e. The molecule has 1 amide bonds. The molecule has 0 saturated carbocycles. The predicted octanol–water partition coefficient (Wildman–Crippen LogP) is -0.191. The van der Waals surface area contributed by atoms with Gasteiger partial charge in [0, 0.05) is 0 Å². The Hall–Kier alpha value is -1.20. The number of hydrogen-bond acceptors (Lipinski definition) is 4. The SMILES string of the molecule is NNC(=O)c1ccc([C]=O)s1. The van der Waals surface area contributed by atoms with Crippen LogP contribution in [-0.4, -0.2) is 12.2 Å². The van der Waals surface area contributed by atoms with E-state index in [9.17, 15) is 9.59 Å². The quantitative estimate of drug-likeness (QED) is 0.366. The lowest BCUT2D eigenvalue weighted by atomic mass is 10.4. The molecule has 11 heavy (non-hydrogen) atoms. The molecule has 0 bridgehead atoms. The van der Waals surface area contributed by atoms with Crippen molar-refractivity contribution in [3.8, 4) is 0 Å². The average Bonchev–Trinajstić information content (AvgIpc) is 2.50. The highest BCUT2D eigenvalue weighted by atomic mass is 32.1. The number of thiophene rings is 1. The number of nitrogen functional groups attached to an aromatic ring is 1. The molecule has 1 radical (unpaired) electrons. The van der Waals surface area contributed by atoms with Gasteiger partial charge in [-0.25, -0.2) is 5.84 Å². The standard InChI is InChI=1S/C6H5N2O2S/c7-8-6(10)5-2-1-4(3-9)11-5/h1-2H,7H2,(H,8,10). The molecule has 1 aromatic rings. The monoisotopic (exact) mass is 169 g/mol. The first-order valence-electron chi connectivity index (χ1n) is 2.77. The number of nitrogens with two attached hydrogens (primary N) is 1. The van der Waals surface area contributed by atoms with Crippen LogP contribution in [0, 0.1) is 0 Å². The van der Waals surface area contributed by atoms with E-state index < -0.39 is 5.91 Å². The number of amides is 1. The third kappa shape index (κ3) is 1.63. The maximum Gasteiger partial charge on any atom is 0.275 e. The van der Waals surface area contributed by atoms with Crippen molar-refractivity contribution in [3.05, 3.63) is 21.9 Å². The van der Waals surface area contributed by atoms with Gasteiger partial charge in [0.15, 0.2) is 0 Å². The Kier molecular flexibility index (Phi) is 2.35. The lowest BCUT2D eigenvalue weighted by Crippen LogP contribution is -2.29. The molecule has 1 heterocycles. The van der Waals surface area contributed by atoms with Gasteiger partial charge in [0.2, 0.25) is 6.29 Å². The van der Waals surface area contributed by atoms with Crippen LogP contribution in [0.2, 0.25) is 0 Å². The zero-order valence-electron chi connectivity index (χ0n) is 5.46. The van der Waals surface area contributed by atoms with E-state index in [1.165, 1.54) is 12.1 Å². The molecule has 3 N–H and O–H groups in total. The molecular formula is C6H5N2O2S. The van der Waals surface area contributed by atoms with Gasteiger partial charge in [0.05, 0.1) is 9.75 Å². The van der Waals surface area contributed by atoms with Crippen LogP contribution in [0.3, 0.4) is 0 Å². The van der Waals surface area contributed by atoms with Gasteiger partial charge < -0.3 is 0 Å². The molecule has 0 atom stereocenters. The lowest BCUT2D eigenvalue weighted by Gasteiger charge is -1.90. The molecule has 1 aromatic heterocycles. The molecule has 1 rings (SSSR count). The van der Waals surface area contributed by atoms with Crippen LogP contribution in [0.1, 0.15) is 14.5 Å². The highest BCUT2D eigenvalue weighted by Crippen LogP contribution is 2.13. The van der Waals surface area contributed by atoms with Crippen LogP contribution in [0.5, 0.6) is 0 Å². The van der Waals surface area contributed by atoms with Crippen LogP contribution in [-0.2, 0) is 4.79 Å². The zero-order chi connectivity index (χ0) is 8.27. The Morgan fingerprint density at radius 3 is 2.82 bits per heavy atom. The second-order valence-corrected chi connectivity index (χ2v) is 2.82. The van der Waals surface area contributed by atoms with Crippen LogP contribution in [0.4, 0.5) is 0 Å². The largest absolute Gasteiger partial charge is 0.289 e. The van der Waals surface area contributed by atoms with Gasteiger partial charge in [-0.15, -0.1) is 11.3 Å². The number of rotatable bonds is 2. The summed E-state index contributed by atoms with van der Waals surface area (Å²) in [4.78, 5) is 21.6. The summed E-state index contributed by atoms with van der Waals surface area (Å²) >= 11 is 1.05. The molecule has 0 spiro atoms. The van der Waals surface area contributed by atoms with E-state index in [1.54, 1.807) is 6.29 Å². The topological polar surface area (TPSA) is 72.2 Å². The van der Waals surface area contributed by atoms with Crippen molar-refractivity contribution in [2.24, 2.45) is 5.84 Å². The highest BCUT2D eigenvalue weighted by Gasteiger charge is 2.06. The van der Waals surface area contributed by atoms with Crippen LogP contribution in [0.15, 0.2) is 12.1 Å². The second kappa shape index (κ2) is 3.27. The summed E-state index contributed by atoms with van der Waals surface area (Å²) < 4.78 is 0. The Morgan fingerprint density at radius 2 is 2.36 bits per heavy atom. The molecule has 5 heteroatoms. The van der Waals surface area contributed by atoms with E-state index in [1.807, 2.05) is 5.43 Å². The average molecular weight is 169 g/mol. The van der Waals surface area contributed by atoms with Crippen molar-refractivity contribution in [1.82, 2.24) is 5.43 Å². The third-order valence-corrected chi connectivity index (χ3v) is 2.04. The molecule has 4 nitrogen and oxygen atoms in total. The normalized spacial score (nSPS) is 9.18. The Bertz CT molecular complexity index is 282. The fourth-order valence-electron chi connectivity index (χ4n) is 0.586. The van der Waals surface area contributed by atoms with E-state index in [-0.39, 0.29) is 0 Å². The number of nitrogens with one attached hydrogen (secondary N) is 1. The van der Waals surface area contributed by atoms with Crippen molar-refractivity contribution < 1.29 is 9.59 Å². The van der Waals surface area contributed by atoms with Gasteiger partial charge in [0.25, 0.3) is 5.91 Å². The molecule has 0 aliphatic rings. The molecule has 0 saturated heterocycles. The summed E-state index contributed by atoms with van der Waals surface area (Å²) in [6, 6.07) is 3.04. The van der Waals surface area contributed by atoms with Crippen molar-refractivity contribution in [2.75, 3.05) is 0 Å². The fourth-order valence-corrected chi connectivity index (χ4v) is 1.29. The van der Waals surface area contributed by atoms with Crippen molar-refractivity contribution >= 4 is 23.5 Å². The van der Waals surface area contributed by atoms with E-state index in [4.69, 9.17) is 5.84 Å². The van der Waals surface area contributed by atoms with Gasteiger partial charge in [-0.2, -0.15) is 0 Å². The van der Waals surface area contributed by atoms with Gasteiger partial charge >= 0.3 is 0 Å². The zero-order valence-corrected chi connectivity index (χ0v) is 6.27. The maximum absolute atomic E-state index is 10.8. The summed E-state index contributed by atoms with van der Waals surface area (Å²) in [5.41, 5.74) is 1.96. The van der Waals surface area contributed by atoms with E-state index in [0.717, 1.165) is 11.3 Å². The van der Waals surface area contributed by atoms with Gasteiger partial charge in [0.1, 0.15) is 0 Å². The number of carbonyl (C=O) groups excluding carboxylic acids is 2. The minimum absolute atomic E-state index is 0.392. The first-order chi connectivity index (χ1) is 5.27. The van der Waals surface area contributed by atoms with Gasteiger partial charge in [-0.05, 0) is 12.1 Å². The van der Waals surface area contributed by atoms with Crippen LogP contribution < -0.4 is 11.3 Å². The molecule has 57 valence electrons. The van der Waals surface area contributed by atoms with Crippen LogP contribution in [0.25, 0.3) is 0 Å². The summed E-state index contributed by atoms with van der Waals surface area (Å²) in [6.45, 7) is 0. The third-order valence-electron chi connectivity index (χ3n) is 1.06. The van der Waals surface area contributed by atoms with Crippen molar-refractivity contribution in [1.29, 1.82) is 0 Å². The summed E-state index contributed by atoms with van der Waals surface area (Å²) in [5, 5.41) is 0. The Balaban J connectivity index is 2.88. The minimum atomic E-state index is -0.392. The molecule has 0 aliphatic carbocycles. The molecule has 0 unspecified atom stereocenters. The Labute approximate surface area is 67.0 Å².